The average molecular weight is 494 g/mol. The van der Waals surface area contributed by atoms with Crippen LogP contribution >= 0.6 is 11.8 Å². The van der Waals surface area contributed by atoms with Gasteiger partial charge < -0.3 is 23.9 Å². The number of furan rings is 1. The first-order chi connectivity index (χ1) is 17.0. The summed E-state index contributed by atoms with van der Waals surface area (Å²) in [6.07, 6.45) is 1.58. The largest absolute Gasteiger partial charge is 0.497 e. The second kappa shape index (κ2) is 9.91. The smallest absolute Gasteiger partial charge is 0.278 e. The minimum absolute atomic E-state index is 0.0357. The number of hydrogen-bond acceptors (Lipinski definition) is 7. The molecule has 3 aromatic heterocycles. The van der Waals surface area contributed by atoms with Crippen molar-refractivity contribution in [3.63, 3.8) is 0 Å². The van der Waals surface area contributed by atoms with E-state index in [1.165, 1.54) is 11.8 Å². The molecule has 5 rings (SSSR count). The second-order valence-corrected chi connectivity index (χ2v) is 9.37. The Morgan fingerprint density at radius 1 is 1.17 bits per heavy atom. The molecule has 0 spiro atoms. The summed E-state index contributed by atoms with van der Waals surface area (Å²) >= 11 is 1.29. The number of nitrogens with one attached hydrogen (secondary N) is 1. The Hall–Kier alpha value is -3.66. The van der Waals surface area contributed by atoms with Gasteiger partial charge in [0.25, 0.3) is 5.56 Å². The van der Waals surface area contributed by atoms with E-state index < -0.39 is 0 Å². The summed E-state index contributed by atoms with van der Waals surface area (Å²) in [6.45, 7) is 4.96. The molecule has 1 N–H and O–H groups in total. The lowest BCUT2D eigenvalue weighted by atomic mass is 10.2. The van der Waals surface area contributed by atoms with E-state index >= 15 is 0 Å². The van der Waals surface area contributed by atoms with E-state index in [0.29, 0.717) is 35.0 Å². The molecule has 0 atom stereocenters. The van der Waals surface area contributed by atoms with Crippen LogP contribution in [0, 0.1) is 6.92 Å². The molecule has 1 aliphatic rings. The molecule has 0 radical (unpaired) electrons. The van der Waals surface area contributed by atoms with Crippen molar-refractivity contribution in [3.05, 3.63) is 70.5 Å². The van der Waals surface area contributed by atoms with Crippen LogP contribution < -0.4 is 15.2 Å². The number of benzene rings is 1. The topological polar surface area (TPSA) is 96.6 Å². The van der Waals surface area contributed by atoms with Crippen molar-refractivity contribution in [2.24, 2.45) is 0 Å². The average Bonchev–Trinajstić information content (AvgIpc) is 3.54. The Bertz CT molecular complexity index is 1370. The van der Waals surface area contributed by atoms with Crippen LogP contribution in [-0.4, -0.2) is 64.4 Å². The number of methoxy groups -OCH3 is 1. The fourth-order valence-corrected chi connectivity index (χ4v) is 5.14. The fraction of sp³-hybridized carbons (Fsp3) is 0.320. The van der Waals surface area contributed by atoms with Gasteiger partial charge in [0.1, 0.15) is 17.0 Å². The number of anilines is 1. The van der Waals surface area contributed by atoms with Crippen LogP contribution in [0.4, 0.5) is 5.69 Å². The highest BCUT2D eigenvalue weighted by atomic mass is 32.2. The maximum absolute atomic E-state index is 13.2. The van der Waals surface area contributed by atoms with Crippen molar-refractivity contribution >= 4 is 34.4 Å². The van der Waals surface area contributed by atoms with E-state index in [9.17, 15) is 9.59 Å². The van der Waals surface area contributed by atoms with Gasteiger partial charge in [-0.05, 0) is 49.4 Å². The summed E-state index contributed by atoms with van der Waals surface area (Å²) < 4.78 is 12.2. The Morgan fingerprint density at radius 3 is 2.63 bits per heavy atom. The minimum Gasteiger partial charge on any atom is -0.497 e. The predicted molar refractivity (Wildman–Crippen MR) is 135 cm³/mol. The molecule has 1 saturated heterocycles. The molecule has 4 aromatic rings. The van der Waals surface area contributed by atoms with Crippen LogP contribution in [0.5, 0.6) is 5.75 Å². The van der Waals surface area contributed by atoms with E-state index in [1.54, 1.807) is 24.0 Å². The SMILES string of the molecule is COc1ccc(N2CCN(C(=O)CSc3nc4cc(C)[nH]c4c(=O)n3Cc3ccco3)CC2)cc1. The molecule has 0 bridgehead atoms. The van der Waals surface area contributed by atoms with Crippen LogP contribution in [-0.2, 0) is 11.3 Å². The fourth-order valence-electron chi connectivity index (χ4n) is 4.24. The highest BCUT2D eigenvalue weighted by Gasteiger charge is 2.23. The van der Waals surface area contributed by atoms with E-state index in [4.69, 9.17) is 9.15 Å². The number of aromatic nitrogens is 3. The number of piperazine rings is 1. The van der Waals surface area contributed by atoms with Crippen molar-refractivity contribution in [1.29, 1.82) is 0 Å². The van der Waals surface area contributed by atoms with Crippen LogP contribution in [0.3, 0.4) is 0 Å². The second-order valence-electron chi connectivity index (χ2n) is 8.43. The first-order valence-corrected chi connectivity index (χ1v) is 12.4. The zero-order valence-electron chi connectivity index (χ0n) is 19.7. The van der Waals surface area contributed by atoms with Crippen molar-refractivity contribution in [2.45, 2.75) is 18.6 Å². The number of aryl methyl sites for hydroxylation is 1. The molecular formula is C25H27N5O4S. The molecule has 0 aliphatic carbocycles. The van der Waals surface area contributed by atoms with Crippen molar-refractivity contribution < 1.29 is 13.9 Å². The van der Waals surface area contributed by atoms with E-state index in [-0.39, 0.29) is 23.8 Å². The molecule has 1 amide bonds. The molecule has 0 unspecified atom stereocenters. The maximum atomic E-state index is 13.2. The Labute approximate surface area is 206 Å². The lowest BCUT2D eigenvalue weighted by Crippen LogP contribution is -2.49. The number of carbonyl (C=O) groups is 1. The minimum atomic E-state index is -0.178. The number of nitrogens with zero attached hydrogens (tertiary/aromatic N) is 4. The number of rotatable bonds is 7. The third-order valence-corrected chi connectivity index (χ3v) is 7.09. The van der Waals surface area contributed by atoms with Crippen molar-refractivity contribution in [3.8, 4) is 5.75 Å². The van der Waals surface area contributed by atoms with Crippen molar-refractivity contribution in [1.82, 2.24) is 19.4 Å². The van der Waals surface area contributed by atoms with Crippen LogP contribution in [0.15, 0.2) is 63.1 Å². The molecule has 1 fully saturated rings. The summed E-state index contributed by atoms with van der Waals surface area (Å²) in [4.78, 5) is 38.1. The number of thioether (sulfide) groups is 1. The van der Waals surface area contributed by atoms with Crippen LogP contribution in [0.1, 0.15) is 11.5 Å². The van der Waals surface area contributed by atoms with Crippen molar-refractivity contribution in [2.75, 3.05) is 43.9 Å². The van der Waals surface area contributed by atoms with Crippen LogP contribution in [0.2, 0.25) is 0 Å². The van der Waals surface area contributed by atoms with Gasteiger partial charge in [0.05, 0.1) is 31.2 Å². The number of hydrogen-bond donors (Lipinski definition) is 1. The van der Waals surface area contributed by atoms with Gasteiger partial charge in [-0.15, -0.1) is 0 Å². The third kappa shape index (κ3) is 4.93. The Balaban J connectivity index is 1.26. The van der Waals surface area contributed by atoms with Gasteiger partial charge in [-0.25, -0.2) is 4.98 Å². The predicted octanol–water partition coefficient (Wildman–Crippen LogP) is 3.12. The Morgan fingerprint density at radius 2 is 1.94 bits per heavy atom. The number of ether oxygens (including phenoxy) is 1. The zero-order chi connectivity index (χ0) is 24.4. The van der Waals surface area contributed by atoms with Gasteiger partial charge in [-0.3, -0.25) is 14.2 Å². The van der Waals surface area contributed by atoms with Gasteiger partial charge in [0, 0.05) is 37.6 Å². The summed E-state index contributed by atoms with van der Waals surface area (Å²) in [5.41, 5.74) is 2.86. The first-order valence-electron chi connectivity index (χ1n) is 11.4. The number of aromatic amines is 1. The molecule has 1 aromatic carbocycles. The maximum Gasteiger partial charge on any atom is 0.278 e. The van der Waals surface area contributed by atoms with E-state index in [1.807, 2.05) is 48.2 Å². The normalized spacial score (nSPS) is 14.0. The molecule has 4 heterocycles. The molecule has 10 heteroatoms. The highest BCUT2D eigenvalue weighted by Crippen LogP contribution is 2.23. The molecule has 1 aliphatic heterocycles. The van der Waals surface area contributed by atoms with Gasteiger partial charge in [-0.2, -0.15) is 0 Å². The highest BCUT2D eigenvalue weighted by molar-refractivity contribution is 7.99. The van der Waals surface area contributed by atoms with E-state index in [0.717, 1.165) is 30.2 Å². The monoisotopic (exact) mass is 493 g/mol. The molecular weight excluding hydrogens is 466 g/mol. The van der Waals surface area contributed by atoms with Gasteiger partial charge >= 0.3 is 0 Å². The van der Waals surface area contributed by atoms with Gasteiger partial charge in [0.2, 0.25) is 5.91 Å². The van der Waals surface area contributed by atoms with Crippen LogP contribution in [0.25, 0.3) is 11.0 Å². The third-order valence-electron chi connectivity index (χ3n) is 6.13. The standard InChI is InChI=1S/C25H27N5O4S/c1-17-14-21-23(26-17)24(32)30(15-20-4-3-13-34-20)25(27-21)35-16-22(31)29-11-9-28(10-12-29)18-5-7-19(33-2)8-6-18/h3-8,13-14,26H,9-12,15-16H2,1-2H3. The number of carbonyl (C=O) groups excluding carboxylic acids is 1. The zero-order valence-corrected chi connectivity index (χ0v) is 20.5. The molecule has 182 valence electrons. The molecule has 0 saturated carbocycles. The first kappa shape index (κ1) is 23.1. The summed E-state index contributed by atoms with van der Waals surface area (Å²) in [5, 5.41) is 0.503. The van der Waals surface area contributed by atoms with Gasteiger partial charge in [-0.1, -0.05) is 11.8 Å². The number of fused-ring (bicyclic) bond motifs is 1. The van der Waals surface area contributed by atoms with Gasteiger partial charge in [0.15, 0.2) is 5.16 Å². The summed E-state index contributed by atoms with van der Waals surface area (Å²) in [5.74, 6) is 1.72. The molecule has 35 heavy (non-hydrogen) atoms. The summed E-state index contributed by atoms with van der Waals surface area (Å²) in [6, 6.07) is 13.4. The summed E-state index contributed by atoms with van der Waals surface area (Å²) in [7, 11) is 1.65. The quantitative estimate of drug-likeness (QED) is 0.312. The number of H-pyrrole nitrogens is 1. The number of amides is 1. The van der Waals surface area contributed by atoms with E-state index in [2.05, 4.69) is 14.9 Å². The lowest BCUT2D eigenvalue weighted by Gasteiger charge is -2.36. The lowest BCUT2D eigenvalue weighted by molar-refractivity contribution is -0.128. The molecule has 9 nitrogen and oxygen atoms in total. The Kier molecular flexibility index (Phi) is 6.54.